The van der Waals surface area contributed by atoms with Crippen molar-refractivity contribution in [2.24, 2.45) is 0 Å². The smallest absolute Gasteiger partial charge is 0.306 e. The number of esters is 2. The zero-order valence-electron chi connectivity index (χ0n) is 56.3. The van der Waals surface area contributed by atoms with Crippen molar-refractivity contribution in [1.82, 2.24) is 0 Å². The van der Waals surface area contributed by atoms with E-state index in [0.717, 1.165) is 116 Å². The average molecular weight is 1190 g/mol. The molecule has 0 radical (unpaired) electrons. The van der Waals surface area contributed by atoms with Gasteiger partial charge in [-0.15, -0.1) is 0 Å². The molecule has 0 aliphatic rings. The van der Waals surface area contributed by atoms with Crippen LogP contribution in [0.4, 0.5) is 0 Å². The van der Waals surface area contributed by atoms with Gasteiger partial charge in [0.15, 0.2) is 6.10 Å². The molecule has 1 unspecified atom stereocenters. The van der Waals surface area contributed by atoms with Gasteiger partial charge in [0.05, 0.1) is 6.61 Å². The fourth-order valence-corrected chi connectivity index (χ4v) is 10.3. The number of unbranched alkanes of at least 4 members (excludes halogenated alkanes) is 34. The van der Waals surface area contributed by atoms with Crippen LogP contribution in [0.2, 0.25) is 0 Å². The summed E-state index contributed by atoms with van der Waals surface area (Å²) in [5.74, 6) is -0.582. The Labute approximate surface area is 533 Å². The maximum Gasteiger partial charge on any atom is 0.306 e. The van der Waals surface area contributed by atoms with Crippen LogP contribution in [-0.4, -0.2) is 36.4 Å². The number of carbonyl (C=O) groups excluding carboxylic acids is 2. The van der Waals surface area contributed by atoms with Crippen molar-refractivity contribution in [2.45, 2.75) is 341 Å². The van der Waals surface area contributed by atoms with Crippen molar-refractivity contribution in [3.05, 3.63) is 146 Å². The number of hydrogen-bond acceptors (Lipinski definition) is 5. The van der Waals surface area contributed by atoms with E-state index in [0.29, 0.717) is 12.8 Å². The van der Waals surface area contributed by atoms with E-state index in [1.54, 1.807) is 0 Å². The van der Waals surface area contributed by atoms with Crippen molar-refractivity contribution in [1.29, 1.82) is 0 Å². The van der Waals surface area contributed by atoms with Crippen LogP contribution in [0.3, 0.4) is 0 Å². The Balaban J connectivity index is 3.46. The molecule has 0 rings (SSSR count). The summed E-state index contributed by atoms with van der Waals surface area (Å²) in [4.78, 5) is 24.7. The molecule has 0 fully saturated rings. The largest absolute Gasteiger partial charge is 0.462 e. The van der Waals surface area contributed by atoms with Crippen LogP contribution in [0.25, 0.3) is 0 Å². The minimum atomic E-state index is -0.779. The highest BCUT2D eigenvalue weighted by Crippen LogP contribution is 2.18. The van der Waals surface area contributed by atoms with E-state index in [-0.39, 0.29) is 25.2 Å². The van der Waals surface area contributed by atoms with Crippen LogP contribution in [0.15, 0.2) is 146 Å². The van der Waals surface area contributed by atoms with E-state index in [1.165, 1.54) is 193 Å². The van der Waals surface area contributed by atoms with Crippen molar-refractivity contribution in [3.8, 4) is 0 Å². The molecule has 490 valence electrons. The molecule has 0 aliphatic heterocycles. The standard InChI is InChI=1S/C81H136O5/c1-3-5-7-9-11-13-15-17-19-21-23-25-27-29-31-33-35-36-37-38-39-40-41-42-43-44-46-48-50-52-54-56-58-60-62-64-66-68-70-72-74-76-81(84)86-79(77-82)78-85-80(83)75-73-71-69-67-65-63-61-59-57-55-53-51-49-47-45-34-32-30-28-26-24-22-20-18-16-14-12-10-8-6-4-2/h5-8,11-14,17-20,23-26,29-32,35-36,38-39,79,82H,3-4,9-10,15-16,21-22,27-28,33-34,37,40-78H2,1-2H3/b7-5-,8-6-,13-11-,14-12-,19-17-,20-18-,25-23-,26-24-,31-29-,32-30-,36-35-,39-38-. The highest BCUT2D eigenvalue weighted by atomic mass is 16.6. The number of rotatable bonds is 66. The van der Waals surface area contributed by atoms with Crippen LogP contribution in [-0.2, 0) is 19.1 Å². The van der Waals surface area contributed by atoms with Gasteiger partial charge in [0.1, 0.15) is 6.61 Å². The predicted molar refractivity (Wildman–Crippen MR) is 380 cm³/mol. The van der Waals surface area contributed by atoms with Gasteiger partial charge in [-0.3, -0.25) is 9.59 Å². The van der Waals surface area contributed by atoms with E-state index < -0.39 is 6.10 Å². The first-order chi connectivity index (χ1) is 42.6. The van der Waals surface area contributed by atoms with Crippen LogP contribution >= 0.6 is 0 Å². The fraction of sp³-hybridized carbons (Fsp3) is 0.679. The first kappa shape index (κ1) is 81.8. The monoisotopic (exact) mass is 1190 g/mol. The number of aliphatic hydroxyl groups is 1. The summed E-state index contributed by atoms with van der Waals surface area (Å²) in [6.45, 7) is 3.94. The lowest BCUT2D eigenvalue weighted by Gasteiger charge is -2.15. The number of ether oxygens (including phenoxy) is 2. The van der Waals surface area contributed by atoms with Crippen LogP contribution < -0.4 is 0 Å². The van der Waals surface area contributed by atoms with Crippen LogP contribution in [0, 0.1) is 0 Å². The molecule has 0 heterocycles. The van der Waals surface area contributed by atoms with Gasteiger partial charge in [-0.05, 0) is 116 Å². The van der Waals surface area contributed by atoms with E-state index in [9.17, 15) is 14.7 Å². The molecule has 0 saturated carbocycles. The second kappa shape index (κ2) is 75.0. The molecule has 86 heavy (non-hydrogen) atoms. The molecule has 0 saturated heterocycles. The van der Waals surface area contributed by atoms with E-state index in [4.69, 9.17) is 9.47 Å². The SMILES string of the molecule is CC/C=C\C/C=C\C/C=C\C/C=C\C/C=C\C/C=C\C/C=C\CCCCCCCCCCCCCCCCCCCCCC(=O)OC(CO)COC(=O)CCCCCCCCCCCCCCCCC/C=C\C/C=C\C/C=C\C/C=C\C/C=C\CC. The Morgan fingerprint density at radius 2 is 0.465 bits per heavy atom. The lowest BCUT2D eigenvalue weighted by atomic mass is 10.0. The molecule has 0 aliphatic carbocycles. The van der Waals surface area contributed by atoms with E-state index in [1.807, 2.05) is 0 Å². The minimum absolute atomic E-state index is 0.0683. The predicted octanol–water partition coefficient (Wildman–Crippen LogP) is 25.7. The number of carbonyl (C=O) groups is 2. The fourth-order valence-electron chi connectivity index (χ4n) is 10.3. The quantitative estimate of drug-likeness (QED) is 0.0373. The topological polar surface area (TPSA) is 72.8 Å². The van der Waals surface area contributed by atoms with Gasteiger partial charge < -0.3 is 14.6 Å². The molecular formula is C81H136O5. The molecule has 5 nitrogen and oxygen atoms in total. The summed E-state index contributed by atoms with van der Waals surface area (Å²) < 4.78 is 10.8. The Bertz CT molecular complexity index is 1780. The molecule has 1 atom stereocenters. The minimum Gasteiger partial charge on any atom is -0.462 e. The second-order valence-electron chi connectivity index (χ2n) is 23.9. The molecule has 0 aromatic rings. The normalized spacial score (nSPS) is 13.1. The van der Waals surface area contributed by atoms with E-state index >= 15 is 0 Å². The average Bonchev–Trinajstić information content (AvgIpc) is 3.54. The van der Waals surface area contributed by atoms with Crippen molar-refractivity contribution in [2.75, 3.05) is 13.2 Å². The molecule has 0 amide bonds. The zero-order valence-corrected chi connectivity index (χ0v) is 56.3. The Hall–Kier alpha value is -4.22. The van der Waals surface area contributed by atoms with Gasteiger partial charge in [0, 0.05) is 12.8 Å². The summed E-state index contributed by atoms with van der Waals surface area (Å²) >= 11 is 0. The van der Waals surface area contributed by atoms with E-state index in [2.05, 4.69) is 160 Å². The molecule has 0 aromatic heterocycles. The number of aliphatic hydroxyl groups excluding tert-OH is 1. The highest BCUT2D eigenvalue weighted by Gasteiger charge is 2.16. The summed E-state index contributed by atoms with van der Waals surface area (Å²) in [5, 5.41) is 9.71. The van der Waals surface area contributed by atoms with Gasteiger partial charge in [0.2, 0.25) is 0 Å². The van der Waals surface area contributed by atoms with Crippen molar-refractivity contribution in [3.63, 3.8) is 0 Å². The first-order valence-corrected chi connectivity index (χ1v) is 36.4. The lowest BCUT2D eigenvalue weighted by molar-refractivity contribution is -0.161. The second-order valence-corrected chi connectivity index (χ2v) is 23.9. The maximum absolute atomic E-state index is 12.4. The first-order valence-electron chi connectivity index (χ1n) is 36.4. The zero-order chi connectivity index (χ0) is 61.9. The summed E-state index contributed by atoms with van der Waals surface area (Å²) in [6, 6.07) is 0. The van der Waals surface area contributed by atoms with Crippen molar-refractivity contribution < 1.29 is 24.2 Å². The Morgan fingerprint density at radius 3 is 0.698 bits per heavy atom. The summed E-state index contributed by atoms with van der Waals surface area (Å²) in [6.07, 6.45) is 113. The number of allylic oxidation sites excluding steroid dienone is 24. The van der Waals surface area contributed by atoms with Gasteiger partial charge in [-0.1, -0.05) is 352 Å². The maximum atomic E-state index is 12.4. The Morgan fingerprint density at radius 1 is 0.267 bits per heavy atom. The van der Waals surface area contributed by atoms with Gasteiger partial charge in [0.25, 0.3) is 0 Å². The Kier molecular flexibility index (Phi) is 71.3. The van der Waals surface area contributed by atoms with Crippen LogP contribution in [0.1, 0.15) is 335 Å². The lowest BCUT2D eigenvalue weighted by Crippen LogP contribution is -2.28. The van der Waals surface area contributed by atoms with Gasteiger partial charge in [-0.25, -0.2) is 0 Å². The third-order valence-electron chi connectivity index (χ3n) is 15.6. The van der Waals surface area contributed by atoms with Gasteiger partial charge in [-0.2, -0.15) is 0 Å². The summed E-state index contributed by atoms with van der Waals surface area (Å²) in [5.41, 5.74) is 0. The molecule has 1 N–H and O–H groups in total. The molecule has 0 bridgehead atoms. The molecule has 5 heteroatoms. The van der Waals surface area contributed by atoms with Gasteiger partial charge >= 0.3 is 11.9 Å². The molecular weight excluding hydrogens is 1050 g/mol. The van der Waals surface area contributed by atoms with Crippen molar-refractivity contribution >= 4 is 11.9 Å². The molecule has 0 spiro atoms. The highest BCUT2D eigenvalue weighted by molar-refractivity contribution is 5.70. The third kappa shape index (κ3) is 72.3. The summed E-state index contributed by atoms with van der Waals surface area (Å²) in [7, 11) is 0. The molecule has 0 aromatic carbocycles. The van der Waals surface area contributed by atoms with Crippen LogP contribution in [0.5, 0.6) is 0 Å². The third-order valence-corrected chi connectivity index (χ3v) is 15.6. The number of hydrogen-bond donors (Lipinski definition) is 1.